The van der Waals surface area contributed by atoms with Gasteiger partial charge in [-0.3, -0.25) is 14.5 Å². The molecule has 8 heteroatoms. The number of nitrogens with zero attached hydrogens (tertiary/aromatic N) is 6. The van der Waals surface area contributed by atoms with E-state index < -0.39 is 0 Å². The van der Waals surface area contributed by atoms with Crippen LogP contribution in [0.1, 0.15) is 5.56 Å². The SMILES string of the molecule is Cn1cc(CC(=O)Nc2cc3cc(-c4cncn4C)ncc3cn2)cn1. The van der Waals surface area contributed by atoms with Gasteiger partial charge in [-0.1, -0.05) is 0 Å². The molecule has 0 atom stereocenters. The Hall–Kier alpha value is -3.55. The van der Waals surface area contributed by atoms with Crippen LogP contribution in [0.2, 0.25) is 0 Å². The van der Waals surface area contributed by atoms with E-state index in [-0.39, 0.29) is 12.3 Å². The van der Waals surface area contributed by atoms with Crippen molar-refractivity contribution in [2.75, 3.05) is 5.32 Å². The van der Waals surface area contributed by atoms with Crippen LogP contribution in [0.3, 0.4) is 0 Å². The molecular weight excluding hydrogens is 330 g/mol. The molecule has 0 saturated carbocycles. The number of carbonyl (C=O) groups excluding carboxylic acids is 1. The van der Waals surface area contributed by atoms with E-state index in [4.69, 9.17) is 0 Å². The number of hydrogen-bond donors (Lipinski definition) is 1. The number of anilines is 1. The summed E-state index contributed by atoms with van der Waals surface area (Å²) in [6.07, 6.45) is 10.7. The van der Waals surface area contributed by atoms with Crippen molar-refractivity contribution in [3.8, 4) is 11.4 Å². The van der Waals surface area contributed by atoms with Crippen molar-refractivity contribution in [3.63, 3.8) is 0 Å². The summed E-state index contributed by atoms with van der Waals surface area (Å²) in [7, 11) is 3.74. The molecule has 1 N–H and O–H groups in total. The zero-order valence-electron chi connectivity index (χ0n) is 14.4. The maximum atomic E-state index is 12.2. The van der Waals surface area contributed by atoms with E-state index in [2.05, 4.69) is 25.4 Å². The average Bonchev–Trinajstić information content (AvgIpc) is 3.22. The number of aromatic nitrogens is 6. The number of amides is 1. The van der Waals surface area contributed by atoms with E-state index in [1.807, 2.05) is 37.0 Å². The molecule has 0 fully saturated rings. The molecule has 0 radical (unpaired) electrons. The fraction of sp³-hybridized carbons (Fsp3) is 0.167. The van der Waals surface area contributed by atoms with Gasteiger partial charge in [0.2, 0.25) is 5.91 Å². The first-order valence-electron chi connectivity index (χ1n) is 8.08. The van der Waals surface area contributed by atoms with Crippen LogP contribution in [0.4, 0.5) is 5.82 Å². The summed E-state index contributed by atoms with van der Waals surface area (Å²) in [5.74, 6) is 0.374. The Bertz CT molecular complexity index is 1100. The monoisotopic (exact) mass is 347 g/mol. The Labute approximate surface area is 149 Å². The fourth-order valence-corrected chi connectivity index (χ4v) is 2.79. The van der Waals surface area contributed by atoms with Gasteiger partial charge in [-0.05, 0) is 23.1 Å². The van der Waals surface area contributed by atoms with Crippen molar-refractivity contribution in [1.82, 2.24) is 29.3 Å². The van der Waals surface area contributed by atoms with Crippen molar-refractivity contribution in [1.29, 1.82) is 0 Å². The van der Waals surface area contributed by atoms with E-state index in [9.17, 15) is 4.79 Å². The van der Waals surface area contributed by atoms with Crippen LogP contribution in [-0.4, -0.2) is 35.2 Å². The average molecular weight is 347 g/mol. The molecule has 0 aliphatic heterocycles. The Kier molecular flexibility index (Phi) is 3.92. The summed E-state index contributed by atoms with van der Waals surface area (Å²) < 4.78 is 3.58. The summed E-state index contributed by atoms with van der Waals surface area (Å²) in [6.45, 7) is 0. The lowest BCUT2D eigenvalue weighted by atomic mass is 10.1. The molecule has 0 spiro atoms. The molecule has 0 aliphatic rings. The highest BCUT2D eigenvalue weighted by Gasteiger charge is 2.09. The molecule has 0 saturated heterocycles. The molecular formula is C18H17N7O. The van der Waals surface area contributed by atoms with Crippen molar-refractivity contribution >= 4 is 22.5 Å². The van der Waals surface area contributed by atoms with Crippen LogP contribution in [-0.2, 0) is 25.3 Å². The lowest BCUT2D eigenvalue weighted by molar-refractivity contribution is -0.115. The van der Waals surface area contributed by atoms with Gasteiger partial charge >= 0.3 is 0 Å². The zero-order valence-corrected chi connectivity index (χ0v) is 14.4. The first-order chi connectivity index (χ1) is 12.6. The summed E-state index contributed by atoms with van der Waals surface area (Å²) in [5.41, 5.74) is 2.59. The molecule has 0 aliphatic carbocycles. The summed E-state index contributed by atoms with van der Waals surface area (Å²) in [6, 6.07) is 3.81. The summed E-state index contributed by atoms with van der Waals surface area (Å²) in [4.78, 5) is 25.1. The van der Waals surface area contributed by atoms with Crippen LogP contribution in [0.25, 0.3) is 22.2 Å². The minimum atomic E-state index is -0.134. The molecule has 130 valence electrons. The summed E-state index contributed by atoms with van der Waals surface area (Å²) in [5, 5.41) is 8.75. The predicted molar refractivity (Wildman–Crippen MR) is 97.3 cm³/mol. The number of carbonyl (C=O) groups is 1. The Morgan fingerprint density at radius 2 is 1.92 bits per heavy atom. The number of aryl methyl sites for hydroxylation is 2. The molecule has 4 heterocycles. The quantitative estimate of drug-likeness (QED) is 0.609. The zero-order chi connectivity index (χ0) is 18.1. The van der Waals surface area contributed by atoms with Gasteiger partial charge in [0.15, 0.2) is 0 Å². The second-order valence-corrected chi connectivity index (χ2v) is 6.12. The second kappa shape index (κ2) is 6.40. The van der Waals surface area contributed by atoms with Crippen molar-refractivity contribution in [3.05, 3.63) is 55.0 Å². The largest absolute Gasteiger partial charge is 0.332 e. The topological polar surface area (TPSA) is 90.5 Å². The number of hydrogen-bond acceptors (Lipinski definition) is 5. The molecule has 26 heavy (non-hydrogen) atoms. The Morgan fingerprint density at radius 1 is 1.08 bits per heavy atom. The van der Waals surface area contributed by atoms with Gasteiger partial charge in [0.1, 0.15) is 5.82 Å². The normalized spacial score (nSPS) is 11.0. The van der Waals surface area contributed by atoms with Gasteiger partial charge < -0.3 is 9.88 Å². The number of imidazole rings is 1. The molecule has 1 amide bonds. The number of pyridine rings is 2. The van der Waals surface area contributed by atoms with Crippen LogP contribution >= 0.6 is 0 Å². The van der Waals surface area contributed by atoms with Crippen LogP contribution in [0.15, 0.2) is 49.4 Å². The minimum absolute atomic E-state index is 0.134. The third kappa shape index (κ3) is 3.16. The predicted octanol–water partition coefficient (Wildman–Crippen LogP) is 1.94. The van der Waals surface area contributed by atoms with E-state index in [0.717, 1.165) is 27.7 Å². The van der Waals surface area contributed by atoms with Crippen LogP contribution < -0.4 is 5.32 Å². The minimum Gasteiger partial charge on any atom is -0.332 e. The molecule has 0 aromatic carbocycles. The first-order valence-corrected chi connectivity index (χ1v) is 8.08. The molecule has 4 rings (SSSR count). The summed E-state index contributed by atoms with van der Waals surface area (Å²) >= 11 is 0. The number of fused-ring (bicyclic) bond motifs is 1. The maximum Gasteiger partial charge on any atom is 0.230 e. The van der Waals surface area contributed by atoms with Crippen LogP contribution in [0.5, 0.6) is 0 Å². The Morgan fingerprint density at radius 3 is 2.65 bits per heavy atom. The van der Waals surface area contributed by atoms with Crippen molar-refractivity contribution < 1.29 is 4.79 Å². The third-order valence-corrected chi connectivity index (χ3v) is 4.07. The lowest BCUT2D eigenvalue weighted by Gasteiger charge is -2.07. The van der Waals surface area contributed by atoms with Gasteiger partial charge in [0, 0.05) is 38.1 Å². The highest BCUT2D eigenvalue weighted by atomic mass is 16.1. The number of rotatable bonds is 4. The van der Waals surface area contributed by atoms with Crippen LogP contribution in [0, 0.1) is 0 Å². The maximum absolute atomic E-state index is 12.2. The van der Waals surface area contributed by atoms with E-state index in [0.29, 0.717) is 5.82 Å². The second-order valence-electron chi connectivity index (χ2n) is 6.12. The Balaban J connectivity index is 1.58. The van der Waals surface area contributed by atoms with Gasteiger partial charge in [0.05, 0.1) is 36.5 Å². The first kappa shape index (κ1) is 15.9. The van der Waals surface area contributed by atoms with Crippen molar-refractivity contribution in [2.45, 2.75) is 6.42 Å². The van der Waals surface area contributed by atoms with E-state index in [1.54, 1.807) is 35.8 Å². The smallest absolute Gasteiger partial charge is 0.230 e. The number of nitrogens with one attached hydrogen (secondary N) is 1. The van der Waals surface area contributed by atoms with Gasteiger partial charge in [-0.15, -0.1) is 0 Å². The molecule has 4 aromatic rings. The van der Waals surface area contributed by atoms with Gasteiger partial charge in [0.25, 0.3) is 0 Å². The van der Waals surface area contributed by atoms with E-state index >= 15 is 0 Å². The molecule has 4 aromatic heterocycles. The van der Waals surface area contributed by atoms with Crippen molar-refractivity contribution in [2.24, 2.45) is 14.1 Å². The third-order valence-electron chi connectivity index (χ3n) is 4.07. The standard InChI is InChI=1S/C18H17N7O/c1-24-11-19-9-16(24)15-4-13-5-17(21-8-14(13)7-20-15)23-18(26)3-12-6-22-25(2)10-12/h4-11H,3H2,1-2H3,(H,21,23,26). The highest BCUT2D eigenvalue weighted by Crippen LogP contribution is 2.22. The highest BCUT2D eigenvalue weighted by molar-refractivity contribution is 5.94. The fourth-order valence-electron chi connectivity index (χ4n) is 2.79. The van der Waals surface area contributed by atoms with Gasteiger partial charge in [-0.2, -0.15) is 5.10 Å². The molecule has 8 nitrogen and oxygen atoms in total. The lowest BCUT2D eigenvalue weighted by Crippen LogP contribution is -2.15. The van der Waals surface area contributed by atoms with E-state index in [1.165, 1.54) is 0 Å². The van der Waals surface area contributed by atoms with Gasteiger partial charge in [-0.25, -0.2) is 9.97 Å². The molecule has 0 unspecified atom stereocenters. The molecule has 0 bridgehead atoms.